The van der Waals surface area contributed by atoms with Gasteiger partial charge in [0.1, 0.15) is 5.65 Å². The van der Waals surface area contributed by atoms with Crippen LogP contribution in [0.2, 0.25) is 0 Å². The number of ether oxygens (including phenoxy) is 2. The van der Waals surface area contributed by atoms with Gasteiger partial charge < -0.3 is 9.47 Å². The zero-order valence-electron chi connectivity index (χ0n) is 14.8. The largest absolute Gasteiger partial charge is 0.493 e. The lowest BCUT2D eigenvalue weighted by Gasteiger charge is -2.10. The number of nitrogens with zero attached hydrogens (tertiary/aromatic N) is 2. The van der Waals surface area contributed by atoms with Gasteiger partial charge in [0.15, 0.2) is 11.5 Å². The highest BCUT2D eigenvalue weighted by atomic mass is 35.5. The SMILES string of the molecule is CCOc1cc(/C=C(\Cl)c2cc(=O)n3cc(C)ccc3n2)ccc1OC. The van der Waals surface area contributed by atoms with Crippen molar-refractivity contribution < 1.29 is 9.47 Å². The summed E-state index contributed by atoms with van der Waals surface area (Å²) in [5, 5.41) is 0.373. The summed E-state index contributed by atoms with van der Waals surface area (Å²) in [4.78, 5) is 16.8. The zero-order valence-corrected chi connectivity index (χ0v) is 15.6. The fourth-order valence-electron chi connectivity index (χ4n) is 2.60. The third-order valence-electron chi connectivity index (χ3n) is 3.83. The number of pyridine rings is 1. The van der Waals surface area contributed by atoms with Gasteiger partial charge in [0, 0.05) is 12.3 Å². The molecule has 0 aliphatic carbocycles. The summed E-state index contributed by atoms with van der Waals surface area (Å²) in [6.07, 6.45) is 3.50. The van der Waals surface area contributed by atoms with E-state index in [2.05, 4.69) is 4.98 Å². The molecule has 0 saturated heterocycles. The standard InChI is InChI=1S/C20H19ClN2O3/c1-4-26-18-10-14(6-7-17(18)25-3)9-15(21)16-11-20(24)23-12-13(2)5-8-19(23)22-16/h5-12H,4H2,1-3H3/b15-9-. The van der Waals surface area contributed by atoms with Crippen LogP contribution in [0.1, 0.15) is 23.7 Å². The Labute approximate surface area is 156 Å². The van der Waals surface area contributed by atoms with Gasteiger partial charge in [0.2, 0.25) is 0 Å². The number of rotatable bonds is 5. The maximum absolute atomic E-state index is 12.3. The first-order valence-electron chi connectivity index (χ1n) is 8.20. The number of hydrogen-bond acceptors (Lipinski definition) is 4. The summed E-state index contributed by atoms with van der Waals surface area (Å²) < 4.78 is 12.4. The fourth-order valence-corrected chi connectivity index (χ4v) is 2.83. The van der Waals surface area contributed by atoms with Crippen molar-refractivity contribution in [2.24, 2.45) is 0 Å². The highest BCUT2D eigenvalue weighted by molar-refractivity contribution is 6.51. The maximum atomic E-state index is 12.3. The number of fused-ring (bicyclic) bond motifs is 1. The first-order chi connectivity index (χ1) is 12.5. The molecular formula is C20H19ClN2O3. The molecule has 2 aromatic heterocycles. The second kappa shape index (κ2) is 7.62. The van der Waals surface area contributed by atoms with Crippen LogP contribution < -0.4 is 15.0 Å². The van der Waals surface area contributed by atoms with E-state index in [1.54, 1.807) is 25.4 Å². The molecule has 134 valence electrons. The van der Waals surface area contributed by atoms with Gasteiger partial charge >= 0.3 is 0 Å². The highest BCUT2D eigenvalue weighted by Crippen LogP contribution is 2.30. The second-order valence-corrected chi connectivity index (χ2v) is 6.16. The molecule has 0 spiro atoms. The molecule has 26 heavy (non-hydrogen) atoms. The molecular weight excluding hydrogens is 352 g/mol. The Morgan fingerprint density at radius 2 is 2.04 bits per heavy atom. The van der Waals surface area contributed by atoms with Crippen LogP contribution in [0.4, 0.5) is 0 Å². The Morgan fingerprint density at radius 3 is 2.77 bits per heavy atom. The first-order valence-corrected chi connectivity index (χ1v) is 8.58. The summed E-state index contributed by atoms with van der Waals surface area (Å²) in [6.45, 7) is 4.36. The molecule has 0 saturated carbocycles. The molecule has 1 aromatic carbocycles. The van der Waals surface area contributed by atoms with Crippen molar-refractivity contribution in [3.63, 3.8) is 0 Å². The van der Waals surface area contributed by atoms with E-state index in [-0.39, 0.29) is 5.56 Å². The van der Waals surface area contributed by atoms with Gasteiger partial charge in [0.25, 0.3) is 5.56 Å². The summed E-state index contributed by atoms with van der Waals surface area (Å²) >= 11 is 6.43. The monoisotopic (exact) mass is 370 g/mol. The van der Waals surface area contributed by atoms with Gasteiger partial charge in [-0.3, -0.25) is 9.20 Å². The lowest BCUT2D eigenvalue weighted by molar-refractivity contribution is 0.311. The molecule has 0 aliphatic rings. The number of aryl methyl sites for hydroxylation is 1. The van der Waals surface area contributed by atoms with Crippen molar-refractivity contribution in [1.29, 1.82) is 0 Å². The molecule has 3 rings (SSSR count). The van der Waals surface area contributed by atoms with E-state index in [0.717, 1.165) is 11.1 Å². The number of halogens is 1. The van der Waals surface area contributed by atoms with E-state index in [4.69, 9.17) is 21.1 Å². The van der Waals surface area contributed by atoms with Crippen molar-refractivity contribution in [2.45, 2.75) is 13.8 Å². The Bertz CT molecular complexity index is 1040. The Kier molecular flexibility index (Phi) is 5.28. The van der Waals surface area contributed by atoms with E-state index < -0.39 is 0 Å². The molecule has 0 N–H and O–H groups in total. The average molecular weight is 371 g/mol. The molecule has 0 unspecified atom stereocenters. The van der Waals surface area contributed by atoms with Crippen LogP contribution in [0, 0.1) is 6.92 Å². The van der Waals surface area contributed by atoms with Crippen LogP contribution in [-0.2, 0) is 0 Å². The van der Waals surface area contributed by atoms with Crippen LogP contribution >= 0.6 is 11.6 Å². The number of hydrogen-bond donors (Lipinski definition) is 0. The van der Waals surface area contributed by atoms with Crippen molar-refractivity contribution in [1.82, 2.24) is 9.38 Å². The molecule has 0 bridgehead atoms. The Balaban J connectivity index is 2.02. The van der Waals surface area contributed by atoms with Crippen LogP contribution in [0.3, 0.4) is 0 Å². The normalized spacial score (nSPS) is 11.6. The predicted octanol–water partition coefficient (Wildman–Crippen LogP) is 4.15. The first kappa shape index (κ1) is 18.0. The lowest BCUT2D eigenvalue weighted by atomic mass is 10.1. The van der Waals surface area contributed by atoms with Gasteiger partial charge in [-0.05, 0) is 49.2 Å². The summed E-state index contributed by atoms with van der Waals surface area (Å²) in [7, 11) is 1.59. The smallest absolute Gasteiger partial charge is 0.258 e. The van der Waals surface area contributed by atoms with E-state index in [9.17, 15) is 4.79 Å². The molecule has 3 aromatic rings. The van der Waals surface area contributed by atoms with E-state index in [1.165, 1.54) is 10.5 Å². The number of methoxy groups -OCH3 is 1. The molecule has 5 nitrogen and oxygen atoms in total. The van der Waals surface area contributed by atoms with E-state index in [1.807, 2.05) is 38.1 Å². The highest BCUT2D eigenvalue weighted by Gasteiger charge is 2.08. The summed E-state index contributed by atoms with van der Waals surface area (Å²) in [5.74, 6) is 1.28. The fraction of sp³-hybridized carbons (Fsp3) is 0.200. The van der Waals surface area contributed by atoms with Gasteiger partial charge in [0.05, 0.1) is 24.4 Å². The Morgan fingerprint density at radius 1 is 1.23 bits per heavy atom. The molecule has 6 heteroatoms. The molecule has 0 atom stereocenters. The molecule has 0 aliphatic heterocycles. The van der Waals surface area contributed by atoms with Gasteiger partial charge in [-0.1, -0.05) is 23.7 Å². The molecule has 2 heterocycles. The minimum atomic E-state index is -0.176. The third kappa shape index (κ3) is 3.73. The predicted molar refractivity (Wildman–Crippen MR) is 104 cm³/mol. The summed E-state index contributed by atoms with van der Waals surface area (Å²) in [5.41, 5.74) is 2.61. The van der Waals surface area contributed by atoms with Crippen LogP contribution in [0.15, 0.2) is 47.4 Å². The van der Waals surface area contributed by atoms with Crippen molar-refractivity contribution in [3.8, 4) is 11.5 Å². The summed E-state index contributed by atoms with van der Waals surface area (Å²) in [6, 6.07) is 10.6. The van der Waals surface area contributed by atoms with E-state index >= 15 is 0 Å². The van der Waals surface area contributed by atoms with Gasteiger partial charge in [-0.2, -0.15) is 0 Å². The minimum Gasteiger partial charge on any atom is -0.493 e. The second-order valence-electron chi connectivity index (χ2n) is 5.75. The van der Waals surface area contributed by atoms with Crippen molar-refractivity contribution in [2.75, 3.05) is 13.7 Å². The molecule has 0 fully saturated rings. The maximum Gasteiger partial charge on any atom is 0.258 e. The zero-order chi connectivity index (χ0) is 18.7. The third-order valence-corrected chi connectivity index (χ3v) is 4.14. The Hall–Kier alpha value is -2.79. The number of benzene rings is 1. The van der Waals surface area contributed by atoms with Crippen molar-refractivity contribution >= 4 is 28.4 Å². The minimum absolute atomic E-state index is 0.176. The molecule has 0 amide bonds. The van der Waals surface area contributed by atoms with Gasteiger partial charge in [-0.25, -0.2) is 4.98 Å². The van der Waals surface area contributed by atoms with Crippen LogP contribution in [0.25, 0.3) is 16.8 Å². The topological polar surface area (TPSA) is 52.8 Å². The number of aromatic nitrogens is 2. The average Bonchev–Trinajstić information content (AvgIpc) is 2.62. The van der Waals surface area contributed by atoms with Crippen molar-refractivity contribution in [3.05, 3.63) is 69.8 Å². The lowest BCUT2D eigenvalue weighted by Crippen LogP contribution is -2.15. The van der Waals surface area contributed by atoms with Crippen LogP contribution in [-0.4, -0.2) is 23.1 Å². The quantitative estimate of drug-likeness (QED) is 0.677. The van der Waals surface area contributed by atoms with Crippen LogP contribution in [0.5, 0.6) is 11.5 Å². The van der Waals surface area contributed by atoms with Gasteiger partial charge in [-0.15, -0.1) is 0 Å². The van der Waals surface area contributed by atoms with E-state index in [0.29, 0.717) is 34.5 Å². The molecule has 0 radical (unpaired) electrons.